The molecule has 20 heavy (non-hydrogen) atoms. The molecule has 3 nitrogen and oxygen atoms in total. The number of piperidine rings is 1. The molecule has 1 saturated heterocycles. The maximum Gasteiger partial charge on any atom is 0.124 e. The second kappa shape index (κ2) is 6.35. The number of hydrogen-bond donors (Lipinski definition) is 1. The van der Waals surface area contributed by atoms with Crippen LogP contribution in [0.4, 0.5) is 0 Å². The minimum absolute atomic E-state index is 0.256. The molecule has 0 aliphatic carbocycles. The van der Waals surface area contributed by atoms with E-state index in [0.29, 0.717) is 12.1 Å². The van der Waals surface area contributed by atoms with Crippen LogP contribution in [-0.4, -0.2) is 33.7 Å². The smallest absolute Gasteiger partial charge is 0.124 e. The SMILES string of the molecule is CC1CCCC(CO)N1Cc1csc(-c2ccsc2)n1. The summed E-state index contributed by atoms with van der Waals surface area (Å²) in [7, 11) is 0. The van der Waals surface area contributed by atoms with E-state index in [1.165, 1.54) is 18.4 Å². The molecule has 3 rings (SSSR count). The van der Waals surface area contributed by atoms with E-state index in [1.54, 1.807) is 22.7 Å². The molecule has 1 fully saturated rings. The van der Waals surface area contributed by atoms with E-state index < -0.39 is 0 Å². The monoisotopic (exact) mass is 308 g/mol. The standard InChI is InChI=1S/C15H20N2OS2/c1-11-3-2-4-14(8-18)17(11)7-13-10-20-15(16-13)12-5-6-19-9-12/h5-6,9-11,14,18H,2-4,7-8H2,1H3. The lowest BCUT2D eigenvalue weighted by molar-refractivity contribution is 0.0443. The average molecular weight is 308 g/mol. The summed E-state index contributed by atoms with van der Waals surface area (Å²) in [6.45, 7) is 3.37. The number of thiophene rings is 1. The molecule has 1 N–H and O–H groups in total. The van der Waals surface area contributed by atoms with E-state index in [2.05, 4.69) is 34.0 Å². The molecule has 2 aromatic rings. The fourth-order valence-corrected chi connectivity index (χ4v) is 4.43. The van der Waals surface area contributed by atoms with Gasteiger partial charge < -0.3 is 5.11 Å². The Balaban J connectivity index is 1.73. The second-order valence-electron chi connectivity index (χ2n) is 5.44. The minimum atomic E-state index is 0.256. The largest absolute Gasteiger partial charge is 0.395 e. The molecule has 0 saturated carbocycles. The third-order valence-corrected chi connectivity index (χ3v) is 5.69. The van der Waals surface area contributed by atoms with Crippen molar-refractivity contribution in [1.82, 2.24) is 9.88 Å². The van der Waals surface area contributed by atoms with Crippen molar-refractivity contribution < 1.29 is 5.11 Å². The van der Waals surface area contributed by atoms with Crippen LogP contribution in [0.25, 0.3) is 10.6 Å². The third-order valence-electron chi connectivity index (χ3n) is 4.07. The van der Waals surface area contributed by atoms with Crippen LogP contribution in [0.3, 0.4) is 0 Å². The highest BCUT2D eigenvalue weighted by molar-refractivity contribution is 7.14. The van der Waals surface area contributed by atoms with Gasteiger partial charge in [0.1, 0.15) is 5.01 Å². The van der Waals surface area contributed by atoms with Gasteiger partial charge in [-0.25, -0.2) is 4.98 Å². The summed E-state index contributed by atoms with van der Waals surface area (Å²) in [5, 5.41) is 17.0. The van der Waals surface area contributed by atoms with Crippen molar-refractivity contribution in [3.05, 3.63) is 27.9 Å². The molecule has 2 unspecified atom stereocenters. The van der Waals surface area contributed by atoms with Gasteiger partial charge in [0.25, 0.3) is 0 Å². The highest BCUT2D eigenvalue weighted by Gasteiger charge is 2.27. The molecule has 0 aromatic carbocycles. The Labute approximate surface area is 127 Å². The van der Waals surface area contributed by atoms with Crippen LogP contribution < -0.4 is 0 Å². The molecule has 0 spiro atoms. The first-order valence-electron chi connectivity index (χ1n) is 7.11. The van der Waals surface area contributed by atoms with Crippen molar-refractivity contribution in [1.29, 1.82) is 0 Å². The number of rotatable bonds is 4. The van der Waals surface area contributed by atoms with E-state index in [1.807, 2.05) is 0 Å². The summed E-state index contributed by atoms with van der Waals surface area (Å²) >= 11 is 3.42. The molecular formula is C15H20N2OS2. The van der Waals surface area contributed by atoms with E-state index in [-0.39, 0.29) is 6.61 Å². The van der Waals surface area contributed by atoms with Crippen molar-refractivity contribution >= 4 is 22.7 Å². The van der Waals surface area contributed by atoms with E-state index in [9.17, 15) is 5.11 Å². The van der Waals surface area contributed by atoms with Crippen LogP contribution in [0.5, 0.6) is 0 Å². The van der Waals surface area contributed by atoms with Gasteiger partial charge >= 0.3 is 0 Å². The van der Waals surface area contributed by atoms with Crippen LogP contribution in [0.15, 0.2) is 22.2 Å². The molecule has 1 aliphatic heterocycles. The number of thiazole rings is 1. The quantitative estimate of drug-likeness (QED) is 0.937. The fraction of sp³-hybridized carbons (Fsp3) is 0.533. The molecule has 2 atom stereocenters. The predicted octanol–water partition coefficient (Wildman–Crippen LogP) is 3.61. The Kier molecular flexibility index (Phi) is 4.51. The van der Waals surface area contributed by atoms with E-state index in [0.717, 1.165) is 23.7 Å². The van der Waals surface area contributed by atoms with Gasteiger partial charge in [-0.15, -0.1) is 11.3 Å². The molecule has 0 radical (unpaired) electrons. The Bertz CT molecular complexity index is 538. The number of aromatic nitrogens is 1. The summed E-state index contributed by atoms with van der Waals surface area (Å²) in [6.07, 6.45) is 3.54. The zero-order valence-electron chi connectivity index (χ0n) is 11.7. The molecule has 0 amide bonds. The summed E-state index contributed by atoms with van der Waals surface area (Å²) in [4.78, 5) is 7.16. The first-order valence-corrected chi connectivity index (χ1v) is 8.93. The number of aliphatic hydroxyl groups is 1. The maximum atomic E-state index is 9.55. The van der Waals surface area contributed by atoms with Gasteiger partial charge in [-0.1, -0.05) is 6.42 Å². The van der Waals surface area contributed by atoms with E-state index >= 15 is 0 Å². The van der Waals surface area contributed by atoms with Crippen molar-refractivity contribution in [3.8, 4) is 10.6 Å². The molecule has 108 valence electrons. The van der Waals surface area contributed by atoms with Gasteiger partial charge in [0.05, 0.1) is 12.3 Å². The predicted molar refractivity (Wildman–Crippen MR) is 85.2 cm³/mol. The van der Waals surface area contributed by atoms with Gasteiger partial charge in [-0.2, -0.15) is 11.3 Å². The number of likely N-dealkylation sites (tertiary alicyclic amines) is 1. The molecule has 5 heteroatoms. The Hall–Kier alpha value is -0.750. The van der Waals surface area contributed by atoms with Crippen LogP contribution in [0, 0.1) is 0 Å². The zero-order valence-corrected chi connectivity index (χ0v) is 13.3. The van der Waals surface area contributed by atoms with Crippen molar-refractivity contribution in [3.63, 3.8) is 0 Å². The summed E-state index contributed by atoms with van der Waals surface area (Å²) < 4.78 is 0. The van der Waals surface area contributed by atoms with Crippen molar-refractivity contribution in [2.24, 2.45) is 0 Å². The molecule has 3 heterocycles. The topological polar surface area (TPSA) is 36.4 Å². The van der Waals surface area contributed by atoms with Crippen molar-refractivity contribution in [2.75, 3.05) is 6.61 Å². The Morgan fingerprint density at radius 1 is 1.40 bits per heavy atom. The van der Waals surface area contributed by atoms with Gasteiger partial charge in [0.2, 0.25) is 0 Å². The summed E-state index contributed by atoms with van der Waals surface area (Å²) in [5.74, 6) is 0. The second-order valence-corrected chi connectivity index (χ2v) is 7.08. The maximum absolute atomic E-state index is 9.55. The first-order chi connectivity index (χ1) is 9.78. The zero-order chi connectivity index (χ0) is 13.9. The minimum Gasteiger partial charge on any atom is -0.395 e. The first kappa shape index (κ1) is 14.2. The normalized spacial score (nSPS) is 24.1. The Morgan fingerprint density at radius 2 is 2.30 bits per heavy atom. The van der Waals surface area contributed by atoms with Crippen molar-refractivity contribution in [2.45, 2.75) is 44.8 Å². The Morgan fingerprint density at radius 3 is 3.05 bits per heavy atom. The van der Waals surface area contributed by atoms with Gasteiger partial charge in [-0.3, -0.25) is 4.90 Å². The lowest BCUT2D eigenvalue weighted by Crippen LogP contribution is -2.46. The van der Waals surface area contributed by atoms with Crippen LogP contribution in [-0.2, 0) is 6.54 Å². The van der Waals surface area contributed by atoms with Gasteiger partial charge in [-0.05, 0) is 31.2 Å². The molecule has 2 aromatic heterocycles. The number of hydrogen-bond acceptors (Lipinski definition) is 5. The highest BCUT2D eigenvalue weighted by Crippen LogP contribution is 2.28. The third kappa shape index (κ3) is 2.96. The van der Waals surface area contributed by atoms with Gasteiger partial charge in [0, 0.05) is 35.0 Å². The van der Waals surface area contributed by atoms with Crippen LogP contribution in [0.1, 0.15) is 31.9 Å². The number of aliphatic hydroxyl groups excluding tert-OH is 1. The average Bonchev–Trinajstić information content (AvgIpc) is 3.11. The lowest BCUT2D eigenvalue weighted by atomic mass is 9.97. The van der Waals surface area contributed by atoms with Crippen LogP contribution in [0.2, 0.25) is 0 Å². The molecule has 1 aliphatic rings. The fourth-order valence-electron chi connectivity index (χ4n) is 2.91. The van der Waals surface area contributed by atoms with Crippen LogP contribution >= 0.6 is 22.7 Å². The van der Waals surface area contributed by atoms with E-state index in [4.69, 9.17) is 4.98 Å². The lowest BCUT2D eigenvalue weighted by Gasteiger charge is -2.39. The van der Waals surface area contributed by atoms with Gasteiger partial charge in [0.15, 0.2) is 0 Å². The summed E-state index contributed by atoms with van der Waals surface area (Å²) in [5.41, 5.74) is 2.35. The number of nitrogens with zero attached hydrogens (tertiary/aromatic N) is 2. The molecule has 0 bridgehead atoms. The molecular weight excluding hydrogens is 288 g/mol. The summed E-state index contributed by atoms with van der Waals surface area (Å²) in [6, 6.07) is 2.95. The highest BCUT2D eigenvalue weighted by atomic mass is 32.1.